The second kappa shape index (κ2) is 8.34. The number of ether oxygens (including phenoxy) is 1. The van der Waals surface area contributed by atoms with Crippen molar-refractivity contribution in [3.8, 4) is 5.75 Å². The van der Waals surface area contributed by atoms with E-state index in [2.05, 4.69) is 10.2 Å². The molecule has 0 unspecified atom stereocenters. The monoisotopic (exact) mass is 354 g/mol. The van der Waals surface area contributed by atoms with E-state index in [1.54, 1.807) is 0 Å². The molecule has 2 N–H and O–H groups in total. The number of likely N-dealkylation sites (tertiary alicyclic amines) is 1. The number of carbonyl (C=O) groups excluding carboxylic acids is 1. The Labute approximate surface area is 154 Å². The molecule has 0 aliphatic carbocycles. The molecular formula is C21H26N2O3. The van der Waals surface area contributed by atoms with Crippen LogP contribution in [0.15, 0.2) is 54.6 Å². The van der Waals surface area contributed by atoms with Crippen molar-refractivity contribution in [2.45, 2.75) is 31.9 Å². The lowest BCUT2D eigenvalue weighted by molar-refractivity contribution is -0.114. The van der Waals surface area contributed by atoms with E-state index in [1.165, 1.54) is 6.92 Å². The summed E-state index contributed by atoms with van der Waals surface area (Å²) in [5, 5.41) is 13.7. The van der Waals surface area contributed by atoms with Crippen molar-refractivity contribution < 1.29 is 14.6 Å². The van der Waals surface area contributed by atoms with E-state index >= 15 is 0 Å². The molecule has 0 saturated carbocycles. The molecule has 138 valence electrons. The van der Waals surface area contributed by atoms with Gasteiger partial charge in [0.15, 0.2) is 0 Å². The van der Waals surface area contributed by atoms with Crippen LogP contribution in [0.2, 0.25) is 0 Å². The van der Waals surface area contributed by atoms with Gasteiger partial charge in [0.1, 0.15) is 18.0 Å². The molecule has 0 aromatic heterocycles. The van der Waals surface area contributed by atoms with Crippen LogP contribution in [0, 0.1) is 0 Å². The lowest BCUT2D eigenvalue weighted by atomic mass is 9.93. The molecule has 3 rings (SSSR count). The van der Waals surface area contributed by atoms with Crippen LogP contribution in [-0.2, 0) is 11.3 Å². The second-order valence-electron chi connectivity index (χ2n) is 7.02. The molecule has 26 heavy (non-hydrogen) atoms. The van der Waals surface area contributed by atoms with Crippen LogP contribution in [0.4, 0.5) is 5.69 Å². The average Bonchev–Trinajstić information content (AvgIpc) is 2.62. The fraction of sp³-hybridized carbons (Fsp3) is 0.381. The zero-order valence-electron chi connectivity index (χ0n) is 15.1. The third-order valence-corrected chi connectivity index (χ3v) is 4.57. The largest absolute Gasteiger partial charge is 0.491 e. The van der Waals surface area contributed by atoms with Gasteiger partial charge in [-0.15, -0.1) is 0 Å². The van der Waals surface area contributed by atoms with Gasteiger partial charge in [-0.2, -0.15) is 0 Å². The van der Waals surface area contributed by atoms with Crippen molar-refractivity contribution in [2.24, 2.45) is 0 Å². The van der Waals surface area contributed by atoms with Crippen LogP contribution in [0.3, 0.4) is 0 Å². The second-order valence-corrected chi connectivity index (χ2v) is 7.02. The number of anilines is 1. The van der Waals surface area contributed by atoms with E-state index in [1.807, 2.05) is 54.6 Å². The molecule has 1 aliphatic heterocycles. The molecule has 1 amide bonds. The van der Waals surface area contributed by atoms with Gasteiger partial charge in [0, 0.05) is 25.7 Å². The van der Waals surface area contributed by atoms with Crippen LogP contribution in [0.25, 0.3) is 0 Å². The van der Waals surface area contributed by atoms with Crippen molar-refractivity contribution in [2.75, 3.05) is 25.0 Å². The van der Waals surface area contributed by atoms with E-state index in [9.17, 15) is 9.90 Å². The lowest BCUT2D eigenvalue weighted by Crippen LogP contribution is -2.51. The highest BCUT2D eigenvalue weighted by molar-refractivity contribution is 5.88. The van der Waals surface area contributed by atoms with Crippen LogP contribution >= 0.6 is 0 Å². The van der Waals surface area contributed by atoms with Crippen molar-refractivity contribution in [3.05, 3.63) is 60.2 Å². The summed E-state index contributed by atoms with van der Waals surface area (Å²) in [6, 6.07) is 17.5. The quantitative estimate of drug-likeness (QED) is 0.837. The highest BCUT2D eigenvalue weighted by Gasteiger charge is 2.34. The Morgan fingerprint density at radius 2 is 1.92 bits per heavy atom. The first-order valence-corrected chi connectivity index (χ1v) is 9.02. The normalized spacial score (nSPS) is 20.5. The maximum atomic E-state index is 11.1. The molecular weight excluding hydrogens is 328 g/mol. The van der Waals surface area contributed by atoms with E-state index in [4.69, 9.17) is 4.74 Å². The molecule has 1 heterocycles. The van der Waals surface area contributed by atoms with E-state index in [0.29, 0.717) is 13.2 Å². The number of rotatable bonds is 6. The summed E-state index contributed by atoms with van der Waals surface area (Å²) in [6.45, 7) is 4.12. The summed E-state index contributed by atoms with van der Waals surface area (Å²) in [5.74, 6) is 0.712. The summed E-state index contributed by atoms with van der Waals surface area (Å²) < 4.78 is 5.78. The molecule has 1 aliphatic rings. The number of nitrogens with zero attached hydrogens (tertiary/aromatic N) is 1. The summed E-state index contributed by atoms with van der Waals surface area (Å²) >= 11 is 0. The fourth-order valence-corrected chi connectivity index (χ4v) is 3.35. The maximum absolute atomic E-state index is 11.1. The molecule has 5 heteroatoms. The molecule has 0 radical (unpaired) electrons. The minimum absolute atomic E-state index is 0.0720. The first-order chi connectivity index (χ1) is 12.5. The van der Waals surface area contributed by atoms with Gasteiger partial charge in [-0.25, -0.2) is 0 Å². The molecule has 5 nitrogen and oxygen atoms in total. The summed E-state index contributed by atoms with van der Waals surface area (Å²) in [7, 11) is 0. The maximum Gasteiger partial charge on any atom is 0.221 e. The number of nitrogens with one attached hydrogen (secondary N) is 1. The molecule has 1 saturated heterocycles. The van der Waals surface area contributed by atoms with Gasteiger partial charge in [-0.3, -0.25) is 9.69 Å². The Bertz CT molecular complexity index is 718. The highest BCUT2D eigenvalue weighted by atomic mass is 16.5. The van der Waals surface area contributed by atoms with Gasteiger partial charge in [-0.1, -0.05) is 30.3 Å². The zero-order chi connectivity index (χ0) is 18.4. The Hall–Kier alpha value is -2.37. The number of β-amino-alcohol motifs (C(OH)–C–C–N with tert-alkyl or cyclic N) is 1. The molecule has 1 atom stereocenters. The Kier molecular flexibility index (Phi) is 5.91. The Morgan fingerprint density at radius 1 is 1.19 bits per heavy atom. The first kappa shape index (κ1) is 18.4. The molecule has 2 aromatic rings. The number of benzene rings is 2. The number of amides is 1. The minimum atomic E-state index is -0.829. The van der Waals surface area contributed by atoms with Crippen LogP contribution in [-0.4, -0.2) is 41.2 Å². The standard InChI is InChI=1S/C21H26N2O3/c1-17(24)22-19-10-8-18(9-11-19)14-23-13-5-12-21(25,15-23)16-26-20-6-3-2-4-7-20/h2-4,6-11,25H,5,12-16H2,1H3,(H,22,24)/t21-/m0/s1. The van der Waals surface area contributed by atoms with Crippen LogP contribution < -0.4 is 10.1 Å². The third-order valence-electron chi connectivity index (χ3n) is 4.57. The molecule has 0 spiro atoms. The lowest BCUT2D eigenvalue weighted by Gasteiger charge is -2.39. The SMILES string of the molecule is CC(=O)Nc1ccc(CN2CCC[C@@](O)(COc3ccccc3)C2)cc1. The molecule has 2 aromatic carbocycles. The average molecular weight is 354 g/mol. The zero-order valence-corrected chi connectivity index (χ0v) is 15.1. The number of para-hydroxylation sites is 1. The predicted octanol–water partition coefficient (Wildman–Crippen LogP) is 3.05. The molecule has 1 fully saturated rings. The van der Waals surface area contributed by atoms with Crippen molar-refractivity contribution in [1.82, 2.24) is 4.90 Å². The van der Waals surface area contributed by atoms with E-state index in [-0.39, 0.29) is 5.91 Å². The topological polar surface area (TPSA) is 61.8 Å². The van der Waals surface area contributed by atoms with Crippen molar-refractivity contribution in [1.29, 1.82) is 0 Å². The Morgan fingerprint density at radius 3 is 2.62 bits per heavy atom. The number of aliphatic hydroxyl groups is 1. The number of piperidine rings is 1. The van der Waals surface area contributed by atoms with Gasteiger partial charge in [0.2, 0.25) is 5.91 Å². The fourth-order valence-electron chi connectivity index (χ4n) is 3.35. The number of hydrogen-bond acceptors (Lipinski definition) is 4. The summed E-state index contributed by atoms with van der Waals surface area (Å²) in [6.07, 6.45) is 1.69. The van der Waals surface area contributed by atoms with Gasteiger partial charge < -0.3 is 15.2 Å². The van der Waals surface area contributed by atoms with E-state index in [0.717, 1.165) is 42.9 Å². The van der Waals surface area contributed by atoms with E-state index < -0.39 is 5.60 Å². The van der Waals surface area contributed by atoms with Crippen LogP contribution in [0.1, 0.15) is 25.3 Å². The summed E-state index contributed by atoms with van der Waals surface area (Å²) in [4.78, 5) is 13.3. The third kappa shape index (κ3) is 5.31. The summed E-state index contributed by atoms with van der Waals surface area (Å²) in [5.41, 5.74) is 1.13. The predicted molar refractivity (Wildman–Crippen MR) is 102 cm³/mol. The van der Waals surface area contributed by atoms with Gasteiger partial charge in [0.25, 0.3) is 0 Å². The molecule has 0 bridgehead atoms. The first-order valence-electron chi connectivity index (χ1n) is 9.02. The van der Waals surface area contributed by atoms with Crippen molar-refractivity contribution >= 4 is 11.6 Å². The van der Waals surface area contributed by atoms with Gasteiger partial charge >= 0.3 is 0 Å². The van der Waals surface area contributed by atoms with Crippen LogP contribution in [0.5, 0.6) is 5.75 Å². The number of hydrogen-bond donors (Lipinski definition) is 2. The van der Waals surface area contributed by atoms with Gasteiger partial charge in [-0.05, 0) is 49.2 Å². The van der Waals surface area contributed by atoms with Gasteiger partial charge in [0.05, 0.1) is 0 Å². The minimum Gasteiger partial charge on any atom is -0.491 e. The highest BCUT2D eigenvalue weighted by Crippen LogP contribution is 2.24. The van der Waals surface area contributed by atoms with Crippen molar-refractivity contribution in [3.63, 3.8) is 0 Å². The number of carbonyl (C=O) groups is 1. The smallest absolute Gasteiger partial charge is 0.221 e. The Balaban J connectivity index is 1.55.